The van der Waals surface area contributed by atoms with E-state index >= 15 is 0 Å². The van der Waals surface area contributed by atoms with Crippen molar-refractivity contribution in [2.75, 3.05) is 12.1 Å². The van der Waals surface area contributed by atoms with Crippen LogP contribution >= 0.6 is 0 Å². The molecule has 7 N–H and O–H groups in total. The quantitative estimate of drug-likeness (QED) is 0.216. The van der Waals surface area contributed by atoms with Crippen molar-refractivity contribution in [3.63, 3.8) is 0 Å². The fourth-order valence-corrected chi connectivity index (χ4v) is 2.40. The number of hydrogen-bond donors (Lipinski definition) is 4. The van der Waals surface area contributed by atoms with Gasteiger partial charge in [-0.05, 0) is 48.5 Å². The lowest BCUT2D eigenvalue weighted by molar-refractivity contribution is -0.0928. The molecule has 0 aliphatic carbocycles. The number of rotatable bonds is 6. The van der Waals surface area contributed by atoms with E-state index < -0.39 is 23.8 Å². The van der Waals surface area contributed by atoms with Gasteiger partial charge < -0.3 is 21.3 Å². The van der Waals surface area contributed by atoms with Crippen molar-refractivity contribution in [1.29, 1.82) is 0 Å². The van der Waals surface area contributed by atoms with Gasteiger partial charge in [0.15, 0.2) is 11.5 Å². The van der Waals surface area contributed by atoms with Gasteiger partial charge in [-0.3, -0.25) is 5.01 Å². The summed E-state index contributed by atoms with van der Waals surface area (Å²) in [7, 11) is 1.36. The van der Waals surface area contributed by atoms with E-state index in [0.29, 0.717) is 5.56 Å². The van der Waals surface area contributed by atoms with E-state index in [0.717, 1.165) is 17.1 Å². The van der Waals surface area contributed by atoms with Gasteiger partial charge in [0, 0.05) is 11.8 Å². The first-order valence-corrected chi connectivity index (χ1v) is 8.91. The number of nitrogens with two attached hydrogens (primary N) is 3. The Labute approximate surface area is 184 Å². The van der Waals surface area contributed by atoms with Gasteiger partial charge in [0.05, 0.1) is 24.2 Å². The zero-order chi connectivity index (χ0) is 25.0. The first kappa shape index (κ1) is 25.4. The maximum absolute atomic E-state index is 13.1. The van der Waals surface area contributed by atoms with Gasteiger partial charge >= 0.3 is 12.4 Å². The van der Waals surface area contributed by atoms with Crippen LogP contribution in [0.15, 0.2) is 65.4 Å². The van der Waals surface area contributed by atoms with Crippen LogP contribution in [-0.2, 0) is 0 Å². The molecular formula is C20H19F6N5O2. The van der Waals surface area contributed by atoms with E-state index in [4.69, 9.17) is 16.3 Å². The van der Waals surface area contributed by atoms with Crippen LogP contribution in [-0.4, -0.2) is 30.3 Å². The Morgan fingerprint density at radius 3 is 2.12 bits per heavy atom. The average Bonchev–Trinajstić information content (AvgIpc) is 2.72. The number of methoxy groups -OCH3 is 1. The highest BCUT2D eigenvalue weighted by Crippen LogP contribution is 2.29. The van der Waals surface area contributed by atoms with Crippen LogP contribution in [0, 0.1) is 0 Å². The summed E-state index contributed by atoms with van der Waals surface area (Å²) in [5.74, 6) is 5.98. The summed E-state index contributed by atoms with van der Waals surface area (Å²) in [5, 5.41) is 10.7. The number of aliphatic imine (C=N–C) groups is 1. The molecule has 0 aliphatic rings. The minimum Gasteiger partial charge on any atom is -0.504 e. The summed E-state index contributed by atoms with van der Waals surface area (Å²) in [6.07, 6.45) is -9.28. The predicted octanol–water partition coefficient (Wildman–Crippen LogP) is 4.08. The summed E-state index contributed by atoms with van der Waals surface area (Å²) in [6.45, 7) is 0. The number of hydrogen-bond acceptors (Lipinski definition) is 7. The van der Waals surface area contributed by atoms with Crippen molar-refractivity contribution in [1.82, 2.24) is 0 Å². The number of benzene rings is 2. The smallest absolute Gasteiger partial charge is 0.433 e. The first-order valence-electron chi connectivity index (χ1n) is 8.91. The van der Waals surface area contributed by atoms with Crippen LogP contribution in [0.25, 0.3) is 5.70 Å². The van der Waals surface area contributed by atoms with E-state index in [1.54, 1.807) is 0 Å². The van der Waals surface area contributed by atoms with Crippen molar-refractivity contribution in [3.8, 4) is 11.5 Å². The molecule has 0 amide bonds. The average molecular weight is 475 g/mol. The molecule has 2 aromatic rings. The summed E-state index contributed by atoms with van der Waals surface area (Å²) >= 11 is 0. The second kappa shape index (κ2) is 9.73. The molecule has 0 spiro atoms. The fourth-order valence-electron chi connectivity index (χ4n) is 2.40. The Kier molecular flexibility index (Phi) is 7.49. The van der Waals surface area contributed by atoms with Crippen molar-refractivity contribution >= 4 is 22.8 Å². The maximum atomic E-state index is 13.1. The van der Waals surface area contributed by atoms with Gasteiger partial charge in [-0.1, -0.05) is 0 Å². The third-order valence-corrected chi connectivity index (χ3v) is 4.10. The summed E-state index contributed by atoms with van der Waals surface area (Å²) in [5.41, 5.74) is 7.53. The van der Waals surface area contributed by atoms with Gasteiger partial charge in [0.25, 0.3) is 0 Å². The summed E-state index contributed by atoms with van der Waals surface area (Å²) < 4.78 is 81.7. The van der Waals surface area contributed by atoms with E-state index in [1.807, 2.05) is 0 Å². The number of halogens is 6. The molecule has 0 atom stereocenters. The molecule has 0 heterocycles. The van der Waals surface area contributed by atoms with Gasteiger partial charge in [-0.15, -0.1) is 0 Å². The molecule has 0 aromatic heterocycles. The van der Waals surface area contributed by atoms with Crippen molar-refractivity contribution in [2.45, 2.75) is 12.4 Å². The number of anilines is 1. The molecule has 2 aromatic carbocycles. The standard InChI is InChI=1S/C20H19F6N5O2/c1-33-16-8-11(2-7-15(16)32)14(27)10-31(29)13-5-3-12(4-6-13)30-18(20(24,25)26)9-17(28)19(21,22)23/h2-10,32H,27-29H2,1H3/b14-10-,17-9?,30-18?. The van der Waals surface area contributed by atoms with Crippen LogP contribution in [0.2, 0.25) is 0 Å². The number of alkyl halides is 6. The monoisotopic (exact) mass is 475 g/mol. The predicted molar refractivity (Wildman–Crippen MR) is 111 cm³/mol. The van der Waals surface area contributed by atoms with E-state index in [1.165, 1.54) is 43.6 Å². The van der Waals surface area contributed by atoms with Crippen LogP contribution in [0.4, 0.5) is 37.7 Å². The zero-order valence-electron chi connectivity index (χ0n) is 16.9. The lowest BCUT2D eigenvalue weighted by Gasteiger charge is -2.16. The second-order valence-electron chi connectivity index (χ2n) is 6.49. The van der Waals surface area contributed by atoms with E-state index in [9.17, 15) is 31.4 Å². The molecule has 33 heavy (non-hydrogen) atoms. The second-order valence-corrected chi connectivity index (χ2v) is 6.49. The minimum absolute atomic E-state index is 0.0974. The maximum Gasteiger partial charge on any atom is 0.433 e. The molecule has 0 fully saturated rings. The number of ether oxygens (including phenoxy) is 1. The molecule has 0 bridgehead atoms. The van der Waals surface area contributed by atoms with E-state index in [-0.39, 0.29) is 34.6 Å². The van der Waals surface area contributed by atoms with Gasteiger partial charge in [-0.25, -0.2) is 10.8 Å². The topological polar surface area (TPSA) is 123 Å². The number of phenolic OH excluding ortho intramolecular Hbond substituents is 1. The fraction of sp³-hybridized carbons (Fsp3) is 0.150. The molecule has 0 aliphatic heterocycles. The van der Waals surface area contributed by atoms with E-state index in [2.05, 4.69) is 10.7 Å². The Hall–Kier alpha value is -3.87. The van der Waals surface area contributed by atoms with Gasteiger partial charge in [0.2, 0.25) is 0 Å². The SMILES string of the molecule is COc1cc(/C(N)=C/N(N)c2ccc(N=C(C=C(N)C(F)(F)F)C(F)(F)F)cc2)ccc1O. The first-order chi connectivity index (χ1) is 15.2. The number of aromatic hydroxyl groups is 1. The highest BCUT2D eigenvalue weighted by Gasteiger charge is 2.38. The molecule has 0 saturated heterocycles. The van der Waals surface area contributed by atoms with Crippen molar-refractivity contribution in [3.05, 3.63) is 66.0 Å². The minimum atomic E-state index is -5.17. The molecule has 178 valence electrons. The molecular weight excluding hydrogens is 456 g/mol. The highest BCUT2D eigenvalue weighted by atomic mass is 19.4. The third kappa shape index (κ3) is 6.80. The largest absolute Gasteiger partial charge is 0.504 e. The third-order valence-electron chi connectivity index (χ3n) is 4.10. The Bertz CT molecular complexity index is 1080. The van der Waals surface area contributed by atoms with Crippen LogP contribution in [0.3, 0.4) is 0 Å². The molecule has 0 radical (unpaired) electrons. The highest BCUT2D eigenvalue weighted by molar-refractivity contribution is 6.01. The number of phenols is 1. The lowest BCUT2D eigenvalue weighted by atomic mass is 10.1. The molecule has 0 saturated carbocycles. The Balaban J connectivity index is 2.30. The molecule has 7 nitrogen and oxygen atoms in total. The normalized spacial score (nSPS) is 13.8. The number of allylic oxidation sites excluding steroid dienone is 2. The molecule has 0 unspecified atom stereocenters. The van der Waals surface area contributed by atoms with Gasteiger partial charge in [-0.2, -0.15) is 26.3 Å². The molecule has 13 heteroatoms. The summed E-state index contributed by atoms with van der Waals surface area (Å²) in [6, 6.07) is 9.13. The van der Waals surface area contributed by atoms with Gasteiger partial charge in [0.1, 0.15) is 11.4 Å². The Morgan fingerprint density at radius 2 is 1.61 bits per heavy atom. The molecule has 2 rings (SSSR count). The zero-order valence-corrected chi connectivity index (χ0v) is 16.9. The Morgan fingerprint density at radius 1 is 1.00 bits per heavy atom. The summed E-state index contributed by atoms with van der Waals surface area (Å²) in [4.78, 5) is 3.22. The van der Waals surface area contributed by atoms with Crippen LogP contribution < -0.4 is 27.1 Å². The number of hydrazine groups is 1. The van der Waals surface area contributed by atoms with Crippen molar-refractivity contribution in [2.24, 2.45) is 22.3 Å². The van der Waals surface area contributed by atoms with Crippen molar-refractivity contribution < 1.29 is 36.2 Å². The van der Waals surface area contributed by atoms with Crippen LogP contribution in [0.1, 0.15) is 5.56 Å². The lowest BCUT2D eigenvalue weighted by Crippen LogP contribution is -2.26. The number of nitrogens with zero attached hydrogens (tertiary/aromatic N) is 2. The van der Waals surface area contributed by atoms with Crippen LogP contribution in [0.5, 0.6) is 11.5 Å².